The van der Waals surface area contributed by atoms with E-state index in [0.29, 0.717) is 17.5 Å². The molecule has 3 heterocycles. The minimum Gasteiger partial charge on any atom is -0.455 e. The van der Waals surface area contributed by atoms with Gasteiger partial charge in [0.1, 0.15) is 11.2 Å². The Balaban J connectivity index is 1.33. The van der Waals surface area contributed by atoms with Crippen LogP contribution in [0.3, 0.4) is 0 Å². The number of furan rings is 1. The van der Waals surface area contributed by atoms with Crippen LogP contribution >= 0.6 is 0 Å². The van der Waals surface area contributed by atoms with Crippen molar-refractivity contribution in [2.45, 2.75) is 0 Å². The SMILES string of the molecule is c1ccc(-c2ccc3c(c2)c2c4c(ccc5c6ccccc6oc54)c(-c4nc(-c5ccccc5)nc(-c5ccccc5)n4)cc2n3-c2ccccc2)cc1. The lowest BCUT2D eigenvalue weighted by molar-refractivity contribution is 0.673. The Morgan fingerprint density at radius 3 is 1.63 bits per heavy atom. The summed E-state index contributed by atoms with van der Waals surface area (Å²) in [5.41, 5.74) is 9.99. The molecule has 0 N–H and O–H groups in total. The van der Waals surface area contributed by atoms with Crippen molar-refractivity contribution in [3.63, 3.8) is 0 Å². The molecule has 0 saturated carbocycles. The van der Waals surface area contributed by atoms with Crippen LogP contribution in [0.15, 0.2) is 186 Å². The van der Waals surface area contributed by atoms with E-state index in [-0.39, 0.29) is 0 Å². The van der Waals surface area contributed by atoms with Gasteiger partial charge in [-0.05, 0) is 59.0 Å². The highest BCUT2D eigenvalue weighted by Crippen LogP contribution is 2.46. The second-order valence-corrected chi connectivity index (χ2v) is 13.6. The predicted octanol–water partition coefficient (Wildman–Crippen LogP) is 12.7. The zero-order chi connectivity index (χ0) is 35.6. The van der Waals surface area contributed by atoms with Crippen molar-refractivity contribution in [3.8, 4) is 51.0 Å². The van der Waals surface area contributed by atoms with Gasteiger partial charge in [-0.15, -0.1) is 0 Å². The number of rotatable bonds is 5. The standard InChI is InChI=1S/C49H30N4O/c1-5-15-31(16-6-1)34-25-28-41-40(29-34)44-42(53(41)35-21-11-4-12-22-35)30-39(37-26-27-38-36-23-13-14-24-43(36)54-46(38)45(37)44)49-51-47(32-17-7-2-8-18-32)50-48(52-49)33-19-9-3-10-20-33/h1-30H. The van der Waals surface area contributed by atoms with E-state index in [2.05, 4.69) is 114 Å². The fourth-order valence-corrected chi connectivity index (χ4v) is 7.97. The van der Waals surface area contributed by atoms with Crippen LogP contribution in [-0.4, -0.2) is 19.5 Å². The fourth-order valence-electron chi connectivity index (χ4n) is 7.97. The first-order valence-corrected chi connectivity index (χ1v) is 18.1. The fraction of sp³-hybridized carbons (Fsp3) is 0. The van der Waals surface area contributed by atoms with Gasteiger partial charge in [0.15, 0.2) is 17.5 Å². The molecule has 54 heavy (non-hydrogen) atoms. The van der Waals surface area contributed by atoms with Gasteiger partial charge in [-0.3, -0.25) is 0 Å². The summed E-state index contributed by atoms with van der Waals surface area (Å²) in [6.07, 6.45) is 0. The van der Waals surface area contributed by atoms with Crippen molar-refractivity contribution in [1.82, 2.24) is 19.5 Å². The van der Waals surface area contributed by atoms with Crippen molar-refractivity contribution < 1.29 is 4.42 Å². The maximum atomic E-state index is 6.87. The summed E-state index contributed by atoms with van der Waals surface area (Å²) < 4.78 is 9.23. The normalized spacial score (nSPS) is 11.7. The van der Waals surface area contributed by atoms with Crippen molar-refractivity contribution >= 4 is 54.5 Å². The monoisotopic (exact) mass is 690 g/mol. The summed E-state index contributed by atoms with van der Waals surface area (Å²) in [6, 6.07) is 63.2. The van der Waals surface area contributed by atoms with E-state index in [1.54, 1.807) is 0 Å². The maximum Gasteiger partial charge on any atom is 0.164 e. The summed E-state index contributed by atoms with van der Waals surface area (Å²) in [7, 11) is 0. The van der Waals surface area contributed by atoms with Crippen LogP contribution in [0.2, 0.25) is 0 Å². The van der Waals surface area contributed by atoms with Gasteiger partial charge in [-0.25, -0.2) is 15.0 Å². The molecule has 11 aromatic rings. The average molecular weight is 691 g/mol. The van der Waals surface area contributed by atoms with Crippen molar-refractivity contribution in [2.24, 2.45) is 0 Å². The molecule has 0 unspecified atom stereocenters. The molecule has 8 aromatic carbocycles. The van der Waals surface area contributed by atoms with E-state index in [0.717, 1.165) is 82.5 Å². The number of aromatic nitrogens is 4. The summed E-state index contributed by atoms with van der Waals surface area (Å²) in [6.45, 7) is 0. The highest BCUT2D eigenvalue weighted by Gasteiger charge is 2.24. The van der Waals surface area contributed by atoms with Crippen LogP contribution in [0.25, 0.3) is 105 Å². The number of fused-ring (bicyclic) bond motifs is 9. The van der Waals surface area contributed by atoms with Crippen LogP contribution < -0.4 is 0 Å². The van der Waals surface area contributed by atoms with Gasteiger partial charge in [0, 0.05) is 49.3 Å². The van der Waals surface area contributed by atoms with Crippen LogP contribution in [0.5, 0.6) is 0 Å². The molecule has 0 amide bonds. The molecule has 0 bridgehead atoms. The molecule has 0 fully saturated rings. The molecule has 0 atom stereocenters. The topological polar surface area (TPSA) is 56.7 Å². The molecule has 0 spiro atoms. The van der Waals surface area contributed by atoms with Crippen molar-refractivity contribution in [1.29, 1.82) is 0 Å². The lowest BCUT2D eigenvalue weighted by Gasteiger charge is -2.13. The molecule has 0 radical (unpaired) electrons. The first kappa shape index (κ1) is 30.3. The zero-order valence-corrected chi connectivity index (χ0v) is 29.0. The number of hydrogen-bond donors (Lipinski definition) is 0. The van der Waals surface area contributed by atoms with Gasteiger partial charge in [-0.2, -0.15) is 0 Å². The van der Waals surface area contributed by atoms with Gasteiger partial charge in [-0.1, -0.05) is 140 Å². The van der Waals surface area contributed by atoms with Crippen LogP contribution in [-0.2, 0) is 0 Å². The van der Waals surface area contributed by atoms with E-state index in [1.165, 1.54) is 5.56 Å². The van der Waals surface area contributed by atoms with Gasteiger partial charge in [0.25, 0.3) is 0 Å². The molecule has 11 rings (SSSR count). The van der Waals surface area contributed by atoms with E-state index in [4.69, 9.17) is 19.4 Å². The Kier molecular flexibility index (Phi) is 6.79. The second-order valence-electron chi connectivity index (χ2n) is 13.6. The van der Waals surface area contributed by atoms with Crippen LogP contribution in [0, 0.1) is 0 Å². The third kappa shape index (κ3) is 4.76. The smallest absolute Gasteiger partial charge is 0.164 e. The highest BCUT2D eigenvalue weighted by atomic mass is 16.3. The summed E-state index contributed by atoms with van der Waals surface area (Å²) >= 11 is 0. The largest absolute Gasteiger partial charge is 0.455 e. The summed E-state index contributed by atoms with van der Waals surface area (Å²) in [5, 5.41) is 6.46. The lowest BCUT2D eigenvalue weighted by Crippen LogP contribution is -2.01. The number of benzene rings is 8. The Labute approximate surface area is 310 Å². The maximum absolute atomic E-state index is 6.87. The zero-order valence-electron chi connectivity index (χ0n) is 29.0. The molecular weight excluding hydrogens is 661 g/mol. The second kappa shape index (κ2) is 12.1. The highest BCUT2D eigenvalue weighted by molar-refractivity contribution is 6.31. The van der Waals surface area contributed by atoms with E-state index in [9.17, 15) is 0 Å². The third-order valence-electron chi connectivity index (χ3n) is 10.4. The Morgan fingerprint density at radius 2 is 0.944 bits per heavy atom. The quantitative estimate of drug-likeness (QED) is 0.180. The van der Waals surface area contributed by atoms with E-state index in [1.807, 2.05) is 72.8 Å². The summed E-state index contributed by atoms with van der Waals surface area (Å²) in [4.78, 5) is 15.5. The number of nitrogens with zero attached hydrogens (tertiary/aromatic N) is 4. The van der Waals surface area contributed by atoms with E-state index < -0.39 is 0 Å². The first-order chi connectivity index (χ1) is 26.8. The lowest BCUT2D eigenvalue weighted by atomic mass is 9.95. The van der Waals surface area contributed by atoms with Crippen molar-refractivity contribution in [2.75, 3.05) is 0 Å². The molecule has 5 heteroatoms. The Bertz CT molecular complexity index is 3130. The average Bonchev–Trinajstić information content (AvgIpc) is 3.80. The molecule has 0 aliphatic rings. The van der Waals surface area contributed by atoms with Gasteiger partial charge < -0.3 is 8.98 Å². The third-order valence-corrected chi connectivity index (χ3v) is 10.4. The molecule has 0 aliphatic carbocycles. The van der Waals surface area contributed by atoms with Gasteiger partial charge in [0.2, 0.25) is 0 Å². The Hall–Kier alpha value is -7.37. The minimum atomic E-state index is 0.597. The number of hydrogen-bond acceptors (Lipinski definition) is 4. The first-order valence-electron chi connectivity index (χ1n) is 18.1. The molecule has 5 nitrogen and oxygen atoms in total. The molecule has 0 saturated heterocycles. The van der Waals surface area contributed by atoms with Crippen molar-refractivity contribution in [3.05, 3.63) is 182 Å². The Morgan fingerprint density at radius 1 is 0.370 bits per heavy atom. The molecule has 252 valence electrons. The van der Waals surface area contributed by atoms with Crippen LogP contribution in [0.4, 0.5) is 0 Å². The van der Waals surface area contributed by atoms with Crippen LogP contribution in [0.1, 0.15) is 0 Å². The van der Waals surface area contributed by atoms with Gasteiger partial charge in [0.05, 0.1) is 11.0 Å². The minimum absolute atomic E-state index is 0.597. The van der Waals surface area contributed by atoms with Gasteiger partial charge >= 0.3 is 0 Å². The summed E-state index contributed by atoms with van der Waals surface area (Å²) in [5.74, 6) is 1.84. The number of para-hydroxylation sites is 2. The molecular formula is C49H30N4O. The molecule has 0 aliphatic heterocycles. The van der Waals surface area contributed by atoms with E-state index >= 15 is 0 Å². The predicted molar refractivity (Wildman–Crippen MR) is 221 cm³/mol. The molecule has 3 aromatic heterocycles.